The van der Waals surface area contributed by atoms with E-state index >= 15 is 0 Å². The number of primary amides is 1. The van der Waals surface area contributed by atoms with Crippen molar-refractivity contribution in [3.05, 3.63) is 23.9 Å². The second-order valence-electron chi connectivity index (χ2n) is 5.04. The minimum absolute atomic E-state index is 0.352. The molecule has 2 aromatic heterocycles. The van der Waals surface area contributed by atoms with Gasteiger partial charge in [-0.15, -0.1) is 5.10 Å². The zero-order chi connectivity index (χ0) is 13.3. The van der Waals surface area contributed by atoms with Crippen molar-refractivity contribution < 1.29 is 4.79 Å². The number of carbonyl (C=O) groups is 1. The van der Waals surface area contributed by atoms with Gasteiger partial charge in [-0.3, -0.25) is 4.79 Å². The van der Waals surface area contributed by atoms with Crippen LogP contribution in [0.2, 0.25) is 0 Å². The summed E-state index contributed by atoms with van der Waals surface area (Å²) in [6.07, 6.45) is 1.85. The lowest BCUT2D eigenvalue weighted by atomic mass is 9.93. The standard InChI is InChI=1S/C12H17N5O/c1-8-4-5-17-9(6-8)15-11(16-17)14-7-12(2,3)10(13)18/h4-6H,7H2,1-3H3,(H2,13,18)(H,14,16). The number of fused-ring (bicyclic) bond motifs is 1. The number of aromatic nitrogens is 3. The van der Waals surface area contributed by atoms with E-state index < -0.39 is 5.41 Å². The maximum atomic E-state index is 11.2. The first kappa shape index (κ1) is 12.3. The Morgan fingerprint density at radius 2 is 2.28 bits per heavy atom. The zero-order valence-corrected chi connectivity index (χ0v) is 10.8. The lowest BCUT2D eigenvalue weighted by molar-refractivity contribution is -0.125. The molecule has 2 aromatic rings. The number of nitrogens with two attached hydrogens (primary N) is 1. The third kappa shape index (κ3) is 2.42. The molecular weight excluding hydrogens is 230 g/mol. The number of nitrogens with one attached hydrogen (secondary N) is 1. The molecule has 0 saturated carbocycles. The molecule has 3 N–H and O–H groups in total. The second-order valence-corrected chi connectivity index (χ2v) is 5.04. The van der Waals surface area contributed by atoms with Gasteiger partial charge < -0.3 is 11.1 Å². The van der Waals surface area contributed by atoms with Gasteiger partial charge in [-0.2, -0.15) is 4.98 Å². The summed E-state index contributed by atoms with van der Waals surface area (Å²) in [7, 11) is 0. The second kappa shape index (κ2) is 4.29. The summed E-state index contributed by atoms with van der Waals surface area (Å²) < 4.78 is 1.69. The van der Waals surface area contributed by atoms with Crippen LogP contribution in [-0.4, -0.2) is 27.0 Å². The molecule has 0 aliphatic carbocycles. The van der Waals surface area contributed by atoms with E-state index in [9.17, 15) is 4.79 Å². The molecule has 2 rings (SSSR count). The molecule has 96 valence electrons. The topological polar surface area (TPSA) is 85.3 Å². The Bertz CT molecular complexity index is 587. The summed E-state index contributed by atoms with van der Waals surface area (Å²) in [5.74, 6) is 0.143. The highest BCUT2D eigenvalue weighted by molar-refractivity contribution is 5.80. The number of nitrogens with zero attached hydrogens (tertiary/aromatic N) is 3. The highest BCUT2D eigenvalue weighted by atomic mass is 16.1. The van der Waals surface area contributed by atoms with E-state index in [0.29, 0.717) is 12.5 Å². The van der Waals surface area contributed by atoms with Crippen LogP contribution in [0.5, 0.6) is 0 Å². The van der Waals surface area contributed by atoms with Gasteiger partial charge in [0.2, 0.25) is 11.9 Å². The largest absolute Gasteiger partial charge is 0.369 e. The van der Waals surface area contributed by atoms with Crippen molar-refractivity contribution in [1.29, 1.82) is 0 Å². The van der Waals surface area contributed by atoms with Gasteiger partial charge in [0.1, 0.15) is 0 Å². The van der Waals surface area contributed by atoms with Gasteiger partial charge in [0, 0.05) is 12.7 Å². The predicted molar refractivity (Wildman–Crippen MR) is 69.2 cm³/mol. The van der Waals surface area contributed by atoms with Crippen LogP contribution in [0.4, 0.5) is 5.95 Å². The Labute approximate surface area is 105 Å². The molecule has 0 saturated heterocycles. The minimum Gasteiger partial charge on any atom is -0.369 e. The minimum atomic E-state index is -0.632. The van der Waals surface area contributed by atoms with Gasteiger partial charge in [0.05, 0.1) is 5.41 Å². The van der Waals surface area contributed by atoms with Crippen LogP contribution in [0.1, 0.15) is 19.4 Å². The maximum Gasteiger partial charge on any atom is 0.243 e. The van der Waals surface area contributed by atoms with Gasteiger partial charge >= 0.3 is 0 Å². The van der Waals surface area contributed by atoms with Crippen LogP contribution in [-0.2, 0) is 4.79 Å². The SMILES string of the molecule is Cc1ccn2nc(NCC(C)(C)C(N)=O)nc2c1. The van der Waals surface area contributed by atoms with Gasteiger partial charge in [-0.25, -0.2) is 4.52 Å². The molecule has 0 fully saturated rings. The Kier molecular flexibility index (Phi) is 2.94. The summed E-state index contributed by atoms with van der Waals surface area (Å²) >= 11 is 0. The van der Waals surface area contributed by atoms with Crippen molar-refractivity contribution in [2.45, 2.75) is 20.8 Å². The number of hydrogen-bond donors (Lipinski definition) is 2. The molecule has 0 unspecified atom stereocenters. The van der Waals surface area contributed by atoms with Crippen LogP contribution < -0.4 is 11.1 Å². The quantitative estimate of drug-likeness (QED) is 0.842. The van der Waals surface area contributed by atoms with E-state index in [4.69, 9.17) is 5.73 Å². The molecule has 2 heterocycles. The van der Waals surface area contributed by atoms with Crippen LogP contribution in [0.25, 0.3) is 5.65 Å². The van der Waals surface area contributed by atoms with Crippen molar-refractivity contribution in [2.24, 2.45) is 11.1 Å². The van der Waals surface area contributed by atoms with Crippen molar-refractivity contribution >= 4 is 17.5 Å². The number of rotatable bonds is 4. The molecule has 0 aromatic carbocycles. The molecule has 0 atom stereocenters. The number of aryl methyl sites for hydroxylation is 1. The summed E-state index contributed by atoms with van der Waals surface area (Å²) in [4.78, 5) is 15.5. The van der Waals surface area contributed by atoms with E-state index in [-0.39, 0.29) is 5.91 Å². The number of pyridine rings is 1. The summed E-state index contributed by atoms with van der Waals surface area (Å²) in [6, 6.07) is 3.90. The molecule has 0 bridgehead atoms. The van der Waals surface area contributed by atoms with E-state index in [1.807, 2.05) is 25.3 Å². The fraction of sp³-hybridized carbons (Fsp3) is 0.417. The number of anilines is 1. The fourth-order valence-electron chi connectivity index (χ4n) is 1.45. The first-order chi connectivity index (χ1) is 8.38. The van der Waals surface area contributed by atoms with Gasteiger partial charge in [0.15, 0.2) is 5.65 Å². The first-order valence-electron chi connectivity index (χ1n) is 5.75. The van der Waals surface area contributed by atoms with Crippen molar-refractivity contribution in [2.75, 3.05) is 11.9 Å². The average Bonchev–Trinajstić information content (AvgIpc) is 2.68. The number of carbonyl (C=O) groups excluding carboxylic acids is 1. The van der Waals surface area contributed by atoms with Crippen molar-refractivity contribution in [3.63, 3.8) is 0 Å². The summed E-state index contributed by atoms with van der Waals surface area (Å²) in [5, 5.41) is 7.29. The number of hydrogen-bond acceptors (Lipinski definition) is 4. The van der Waals surface area contributed by atoms with Gasteiger partial charge in [-0.1, -0.05) is 0 Å². The van der Waals surface area contributed by atoms with E-state index in [2.05, 4.69) is 15.4 Å². The lowest BCUT2D eigenvalue weighted by Gasteiger charge is -2.19. The Morgan fingerprint density at radius 1 is 1.56 bits per heavy atom. The Morgan fingerprint density at radius 3 is 2.94 bits per heavy atom. The average molecular weight is 247 g/mol. The molecule has 1 amide bonds. The lowest BCUT2D eigenvalue weighted by Crippen LogP contribution is -2.37. The summed E-state index contributed by atoms with van der Waals surface area (Å²) in [6.45, 7) is 5.96. The van der Waals surface area contributed by atoms with Crippen molar-refractivity contribution in [3.8, 4) is 0 Å². The third-order valence-corrected chi connectivity index (χ3v) is 2.85. The van der Waals surface area contributed by atoms with Crippen LogP contribution in [0, 0.1) is 12.3 Å². The molecular formula is C12H17N5O. The zero-order valence-electron chi connectivity index (χ0n) is 10.8. The van der Waals surface area contributed by atoms with Crippen molar-refractivity contribution in [1.82, 2.24) is 14.6 Å². The Balaban J connectivity index is 2.15. The number of amides is 1. The molecule has 0 radical (unpaired) electrons. The highest BCUT2D eigenvalue weighted by Gasteiger charge is 2.25. The molecule has 0 aliphatic heterocycles. The molecule has 6 heteroatoms. The van der Waals surface area contributed by atoms with Crippen LogP contribution >= 0.6 is 0 Å². The van der Waals surface area contributed by atoms with Crippen LogP contribution in [0.3, 0.4) is 0 Å². The molecule has 6 nitrogen and oxygen atoms in total. The predicted octanol–water partition coefficient (Wildman–Crippen LogP) is 0.961. The molecule has 0 aliphatic rings. The third-order valence-electron chi connectivity index (χ3n) is 2.85. The van der Waals surface area contributed by atoms with E-state index in [1.54, 1.807) is 18.4 Å². The Hall–Kier alpha value is -2.11. The summed E-state index contributed by atoms with van der Waals surface area (Å²) in [5.41, 5.74) is 6.57. The fourth-order valence-corrected chi connectivity index (χ4v) is 1.45. The van der Waals surface area contributed by atoms with Crippen LogP contribution in [0.15, 0.2) is 18.3 Å². The molecule has 18 heavy (non-hydrogen) atoms. The maximum absolute atomic E-state index is 11.2. The highest BCUT2D eigenvalue weighted by Crippen LogP contribution is 2.15. The normalized spacial score (nSPS) is 11.7. The van der Waals surface area contributed by atoms with E-state index in [1.165, 1.54) is 0 Å². The smallest absolute Gasteiger partial charge is 0.243 e. The monoisotopic (exact) mass is 247 g/mol. The van der Waals surface area contributed by atoms with E-state index in [0.717, 1.165) is 11.2 Å². The first-order valence-corrected chi connectivity index (χ1v) is 5.75. The molecule has 0 spiro atoms. The van der Waals surface area contributed by atoms with Gasteiger partial charge in [0.25, 0.3) is 0 Å². The van der Waals surface area contributed by atoms with Gasteiger partial charge in [-0.05, 0) is 38.5 Å².